The first-order chi connectivity index (χ1) is 8.47. The van der Waals surface area contributed by atoms with E-state index in [-0.39, 0.29) is 16.7 Å². The van der Waals surface area contributed by atoms with E-state index in [1.54, 1.807) is 6.20 Å². The molecule has 0 aliphatic rings. The number of nitrogens with one attached hydrogen (secondary N) is 1. The first-order valence-corrected chi connectivity index (χ1v) is 7.53. The highest BCUT2D eigenvalue weighted by atomic mass is 35.5. The van der Waals surface area contributed by atoms with Gasteiger partial charge in [-0.15, -0.1) is 11.3 Å². The SMILES string of the molecule is Cc1ncc(CNS(=O)(=O)c2cnc(Cl)nc2)s1. The first-order valence-electron chi connectivity index (χ1n) is 4.86. The molecule has 2 rings (SSSR count). The lowest BCUT2D eigenvalue weighted by atomic mass is 10.6. The number of rotatable bonds is 4. The highest BCUT2D eigenvalue weighted by Gasteiger charge is 2.15. The molecular weight excluding hydrogens is 296 g/mol. The van der Waals surface area contributed by atoms with Gasteiger partial charge in [0.2, 0.25) is 15.3 Å². The van der Waals surface area contributed by atoms with Gasteiger partial charge in [-0.1, -0.05) is 0 Å². The van der Waals surface area contributed by atoms with Crippen LogP contribution in [0.5, 0.6) is 0 Å². The molecule has 18 heavy (non-hydrogen) atoms. The van der Waals surface area contributed by atoms with E-state index in [0.29, 0.717) is 0 Å². The lowest BCUT2D eigenvalue weighted by Crippen LogP contribution is -2.23. The summed E-state index contributed by atoms with van der Waals surface area (Å²) in [5, 5.41) is 0.894. The zero-order valence-corrected chi connectivity index (χ0v) is 11.7. The molecule has 0 amide bonds. The maximum absolute atomic E-state index is 11.9. The summed E-state index contributed by atoms with van der Waals surface area (Å²) in [6.45, 7) is 2.05. The molecule has 0 saturated carbocycles. The Morgan fingerprint density at radius 2 is 1.94 bits per heavy atom. The van der Waals surface area contributed by atoms with Crippen LogP contribution in [0.4, 0.5) is 0 Å². The zero-order chi connectivity index (χ0) is 13.2. The molecule has 0 unspecified atom stereocenters. The van der Waals surface area contributed by atoms with Crippen LogP contribution in [0.15, 0.2) is 23.5 Å². The average molecular weight is 305 g/mol. The molecule has 0 atom stereocenters. The van der Waals surface area contributed by atoms with E-state index in [1.807, 2.05) is 6.92 Å². The Balaban J connectivity index is 2.10. The summed E-state index contributed by atoms with van der Waals surface area (Å²) in [6.07, 6.45) is 3.96. The molecule has 0 aromatic carbocycles. The van der Waals surface area contributed by atoms with Gasteiger partial charge in [-0.2, -0.15) is 0 Å². The van der Waals surface area contributed by atoms with Gasteiger partial charge in [-0.05, 0) is 18.5 Å². The number of hydrogen-bond acceptors (Lipinski definition) is 6. The second-order valence-electron chi connectivity index (χ2n) is 3.36. The molecule has 96 valence electrons. The zero-order valence-electron chi connectivity index (χ0n) is 9.29. The van der Waals surface area contributed by atoms with Crippen molar-refractivity contribution in [3.63, 3.8) is 0 Å². The van der Waals surface area contributed by atoms with Crippen molar-refractivity contribution >= 4 is 33.0 Å². The van der Waals surface area contributed by atoms with Crippen molar-refractivity contribution < 1.29 is 8.42 Å². The Morgan fingerprint density at radius 1 is 1.28 bits per heavy atom. The summed E-state index contributed by atoms with van der Waals surface area (Å²) in [6, 6.07) is 0. The molecule has 0 fully saturated rings. The second-order valence-corrected chi connectivity index (χ2v) is 6.78. The number of nitrogens with zero attached hydrogens (tertiary/aromatic N) is 3. The molecule has 9 heteroatoms. The molecule has 1 N–H and O–H groups in total. The fraction of sp³-hybridized carbons (Fsp3) is 0.222. The highest BCUT2D eigenvalue weighted by molar-refractivity contribution is 7.89. The molecule has 2 aromatic rings. The van der Waals surface area contributed by atoms with E-state index < -0.39 is 10.0 Å². The number of aryl methyl sites for hydroxylation is 1. The van der Waals surface area contributed by atoms with Gasteiger partial charge in [0.05, 0.1) is 17.4 Å². The quantitative estimate of drug-likeness (QED) is 0.862. The van der Waals surface area contributed by atoms with Crippen LogP contribution in [0.25, 0.3) is 0 Å². The van der Waals surface area contributed by atoms with Crippen LogP contribution < -0.4 is 4.72 Å². The van der Waals surface area contributed by atoms with Crippen LogP contribution in [0.1, 0.15) is 9.88 Å². The Kier molecular flexibility index (Phi) is 3.91. The van der Waals surface area contributed by atoms with E-state index in [2.05, 4.69) is 19.7 Å². The average Bonchev–Trinajstić information content (AvgIpc) is 2.73. The third-order valence-corrected chi connectivity index (χ3v) is 4.48. The lowest BCUT2D eigenvalue weighted by molar-refractivity contribution is 0.581. The molecular formula is C9H9ClN4O2S2. The molecule has 6 nitrogen and oxygen atoms in total. The van der Waals surface area contributed by atoms with Crippen molar-refractivity contribution in [3.8, 4) is 0 Å². The van der Waals surface area contributed by atoms with Crippen LogP contribution in [-0.4, -0.2) is 23.4 Å². The fourth-order valence-electron chi connectivity index (χ4n) is 1.18. The van der Waals surface area contributed by atoms with Crippen molar-refractivity contribution in [1.82, 2.24) is 19.7 Å². The minimum atomic E-state index is -3.62. The minimum absolute atomic E-state index is 0.00651. The van der Waals surface area contributed by atoms with Gasteiger partial charge in [-0.25, -0.2) is 28.1 Å². The summed E-state index contributed by atoms with van der Waals surface area (Å²) in [7, 11) is -3.62. The number of thiazole rings is 1. The van der Waals surface area contributed by atoms with Gasteiger partial charge in [0.25, 0.3) is 0 Å². The Bertz CT molecular complexity index is 639. The topological polar surface area (TPSA) is 84.8 Å². The third kappa shape index (κ3) is 3.22. The van der Waals surface area contributed by atoms with Crippen molar-refractivity contribution in [2.24, 2.45) is 0 Å². The van der Waals surface area contributed by atoms with Gasteiger partial charge >= 0.3 is 0 Å². The van der Waals surface area contributed by atoms with Crippen LogP contribution >= 0.6 is 22.9 Å². The molecule has 0 radical (unpaired) electrons. The van der Waals surface area contributed by atoms with E-state index >= 15 is 0 Å². The van der Waals surface area contributed by atoms with Crippen molar-refractivity contribution in [3.05, 3.63) is 33.8 Å². The van der Waals surface area contributed by atoms with Crippen LogP contribution in [0.3, 0.4) is 0 Å². The largest absolute Gasteiger partial charge is 0.250 e. The summed E-state index contributed by atoms with van der Waals surface area (Å²) in [4.78, 5) is 12.1. The summed E-state index contributed by atoms with van der Waals surface area (Å²) in [5.74, 6) is 0. The summed E-state index contributed by atoms with van der Waals surface area (Å²) in [5.41, 5.74) is 0. The fourth-order valence-corrected chi connectivity index (χ4v) is 2.99. The van der Waals surface area contributed by atoms with E-state index in [0.717, 1.165) is 22.3 Å². The Hall–Kier alpha value is -1.09. The number of aromatic nitrogens is 3. The van der Waals surface area contributed by atoms with Crippen molar-refractivity contribution in [2.75, 3.05) is 0 Å². The van der Waals surface area contributed by atoms with Crippen molar-refractivity contribution in [2.45, 2.75) is 18.4 Å². The second kappa shape index (κ2) is 5.27. The summed E-state index contributed by atoms with van der Waals surface area (Å²) >= 11 is 6.93. The van der Waals surface area contributed by atoms with E-state index in [9.17, 15) is 8.42 Å². The van der Waals surface area contributed by atoms with Crippen LogP contribution in [0.2, 0.25) is 5.28 Å². The predicted octanol–water partition coefficient (Wildman–Crippen LogP) is 1.37. The van der Waals surface area contributed by atoms with E-state index in [4.69, 9.17) is 11.6 Å². The maximum atomic E-state index is 11.9. The minimum Gasteiger partial charge on any atom is -0.250 e. The van der Waals surface area contributed by atoms with E-state index in [1.165, 1.54) is 11.3 Å². The van der Waals surface area contributed by atoms with Gasteiger partial charge in [-0.3, -0.25) is 0 Å². The maximum Gasteiger partial charge on any atom is 0.243 e. The number of halogens is 1. The predicted molar refractivity (Wildman–Crippen MR) is 67.9 cm³/mol. The van der Waals surface area contributed by atoms with Crippen LogP contribution in [0, 0.1) is 6.92 Å². The van der Waals surface area contributed by atoms with Gasteiger partial charge in [0.15, 0.2) is 0 Å². The first kappa shape index (κ1) is 13.3. The summed E-state index contributed by atoms with van der Waals surface area (Å²) < 4.78 is 26.2. The molecule has 0 saturated heterocycles. The highest BCUT2D eigenvalue weighted by Crippen LogP contribution is 2.13. The molecule has 2 aromatic heterocycles. The lowest BCUT2D eigenvalue weighted by Gasteiger charge is -2.04. The number of hydrogen-bond donors (Lipinski definition) is 1. The Morgan fingerprint density at radius 3 is 2.50 bits per heavy atom. The van der Waals surface area contributed by atoms with Gasteiger partial charge < -0.3 is 0 Å². The standard InChI is InChI=1S/C9H9ClN4O2S2/c1-6-11-2-7(17-6)3-14-18(15,16)8-4-12-9(10)13-5-8/h2,4-5,14H,3H2,1H3. The monoisotopic (exact) mass is 304 g/mol. The normalized spacial score (nSPS) is 11.7. The van der Waals surface area contributed by atoms with Crippen molar-refractivity contribution in [1.29, 1.82) is 0 Å². The molecule has 0 bridgehead atoms. The Labute approximate surface area is 113 Å². The molecule has 0 spiro atoms. The molecule has 0 aliphatic heterocycles. The smallest absolute Gasteiger partial charge is 0.243 e. The third-order valence-electron chi connectivity index (χ3n) is 2.01. The molecule has 0 aliphatic carbocycles. The number of sulfonamides is 1. The van der Waals surface area contributed by atoms with Crippen LogP contribution in [-0.2, 0) is 16.6 Å². The molecule has 2 heterocycles. The van der Waals surface area contributed by atoms with Gasteiger partial charge in [0, 0.05) is 17.6 Å². The van der Waals surface area contributed by atoms with Gasteiger partial charge in [0.1, 0.15) is 4.90 Å².